The minimum Gasteiger partial charge on any atom is -0.329 e. The Kier molecular flexibility index (Phi) is 6.44. The first-order valence-corrected chi connectivity index (χ1v) is 15.1. The normalized spacial score (nSPS) is 17.0. The van der Waals surface area contributed by atoms with Crippen molar-refractivity contribution >= 4 is 31.8 Å². The lowest BCUT2D eigenvalue weighted by atomic mass is 9.79. The third-order valence-corrected chi connectivity index (χ3v) is 9.18. The number of alkyl halides is 2. The molecule has 214 valence electrons. The minimum atomic E-state index is -4.03. The molecular weight excluding hydrogens is 558 g/mol. The van der Waals surface area contributed by atoms with Crippen LogP contribution in [0.4, 0.5) is 17.6 Å². The second kappa shape index (κ2) is 9.64. The Morgan fingerprint density at radius 1 is 1.07 bits per heavy atom. The van der Waals surface area contributed by atoms with Crippen LogP contribution >= 0.6 is 0 Å². The van der Waals surface area contributed by atoms with Gasteiger partial charge in [-0.15, -0.1) is 5.10 Å². The molecule has 7 nitrogen and oxygen atoms in total. The molecule has 0 spiro atoms. The molecule has 6 rings (SSSR count). The van der Waals surface area contributed by atoms with Crippen LogP contribution in [0.3, 0.4) is 0 Å². The van der Waals surface area contributed by atoms with Crippen LogP contribution in [0.15, 0.2) is 53.6 Å². The number of nitrogens with zero attached hydrogens (tertiary/aromatic N) is 5. The van der Waals surface area contributed by atoms with Crippen LogP contribution < -0.4 is 0 Å². The second-order valence-corrected chi connectivity index (χ2v) is 12.8. The topological polar surface area (TPSA) is 82.7 Å². The van der Waals surface area contributed by atoms with Crippen molar-refractivity contribution in [2.75, 3.05) is 6.26 Å². The lowest BCUT2D eigenvalue weighted by Crippen LogP contribution is -2.30. The van der Waals surface area contributed by atoms with Crippen molar-refractivity contribution in [2.45, 2.75) is 49.5 Å². The third-order valence-electron chi connectivity index (χ3n) is 8.06. The smallest absolute Gasteiger partial charge is 0.248 e. The number of halogens is 4. The summed E-state index contributed by atoms with van der Waals surface area (Å²) in [6.07, 6.45) is 2.05. The number of sulfone groups is 1. The molecule has 1 unspecified atom stereocenters. The predicted octanol–water partition coefficient (Wildman–Crippen LogP) is 6.39. The van der Waals surface area contributed by atoms with Crippen LogP contribution in [0.2, 0.25) is 0 Å². The highest BCUT2D eigenvalue weighted by molar-refractivity contribution is 7.91. The van der Waals surface area contributed by atoms with Crippen LogP contribution in [0, 0.1) is 24.5 Å². The highest BCUT2D eigenvalue weighted by Crippen LogP contribution is 2.47. The van der Waals surface area contributed by atoms with E-state index < -0.39 is 38.3 Å². The van der Waals surface area contributed by atoms with Gasteiger partial charge in [0.1, 0.15) is 0 Å². The van der Waals surface area contributed by atoms with Gasteiger partial charge in [0.2, 0.25) is 5.92 Å². The zero-order chi connectivity index (χ0) is 29.3. The molecule has 2 aromatic carbocycles. The Morgan fingerprint density at radius 2 is 1.76 bits per heavy atom. The first-order valence-electron chi connectivity index (χ1n) is 13.2. The van der Waals surface area contributed by atoms with Gasteiger partial charge in [-0.25, -0.2) is 30.7 Å². The van der Waals surface area contributed by atoms with E-state index >= 15 is 8.78 Å². The maximum atomic E-state index is 16.0. The molecule has 3 aromatic heterocycles. The zero-order valence-corrected chi connectivity index (χ0v) is 23.4. The molecule has 41 heavy (non-hydrogen) atoms. The summed E-state index contributed by atoms with van der Waals surface area (Å²) in [7, 11) is -2.32. The summed E-state index contributed by atoms with van der Waals surface area (Å²) in [4.78, 5) is 4.20. The van der Waals surface area contributed by atoms with Gasteiger partial charge in [0.25, 0.3) is 0 Å². The average Bonchev–Trinajstić information content (AvgIpc) is 3.43. The van der Waals surface area contributed by atoms with E-state index in [1.165, 1.54) is 6.20 Å². The predicted molar refractivity (Wildman–Crippen MR) is 146 cm³/mol. The largest absolute Gasteiger partial charge is 0.329 e. The minimum absolute atomic E-state index is 0.0464. The molecular formula is C29H27F4N5O2S. The standard InChI is InChI=1S/C29H27F4N5O2S/c1-16-26(37(2)36-35-16)19-13-21-25(34-15-19)23-22(41(3,39)40)14-20(30)24(31)28(23)38(21)27(17-7-5-4-6-8-17)18-9-11-29(32,33)12-10-18/h4-8,13-15,18,27H,9-12H2,1-3H3. The van der Waals surface area contributed by atoms with E-state index in [2.05, 4.69) is 15.3 Å². The van der Waals surface area contributed by atoms with E-state index in [0.717, 1.165) is 6.26 Å². The molecule has 0 saturated heterocycles. The molecule has 3 heterocycles. The Hall–Kier alpha value is -3.80. The van der Waals surface area contributed by atoms with E-state index in [0.29, 0.717) is 34.1 Å². The van der Waals surface area contributed by atoms with Crippen molar-refractivity contribution < 1.29 is 26.0 Å². The van der Waals surface area contributed by atoms with Crippen LogP contribution in [-0.2, 0) is 16.9 Å². The fourth-order valence-corrected chi connectivity index (χ4v) is 7.10. The van der Waals surface area contributed by atoms with Crippen molar-refractivity contribution in [3.63, 3.8) is 0 Å². The highest BCUT2D eigenvalue weighted by atomic mass is 32.2. The van der Waals surface area contributed by atoms with Crippen molar-refractivity contribution in [1.29, 1.82) is 0 Å². The Bertz CT molecular complexity index is 1890. The summed E-state index contributed by atoms with van der Waals surface area (Å²) < 4.78 is 88.6. The van der Waals surface area contributed by atoms with Gasteiger partial charge in [0.05, 0.1) is 38.9 Å². The maximum absolute atomic E-state index is 16.0. The fourth-order valence-electron chi connectivity index (χ4n) is 6.22. The van der Waals surface area contributed by atoms with Crippen molar-refractivity contribution in [3.8, 4) is 11.3 Å². The van der Waals surface area contributed by atoms with Gasteiger partial charge in [-0.3, -0.25) is 4.98 Å². The number of aromatic nitrogens is 5. The quantitative estimate of drug-likeness (QED) is 0.176. The van der Waals surface area contributed by atoms with Crippen LogP contribution in [-0.4, -0.2) is 45.1 Å². The number of aryl methyl sites for hydroxylation is 2. The maximum Gasteiger partial charge on any atom is 0.248 e. The van der Waals surface area contributed by atoms with Crippen LogP contribution in [0.1, 0.15) is 43.0 Å². The number of benzene rings is 2. The Morgan fingerprint density at radius 3 is 2.37 bits per heavy atom. The first kappa shape index (κ1) is 27.4. The average molecular weight is 586 g/mol. The van der Waals surface area contributed by atoms with E-state index in [9.17, 15) is 17.2 Å². The van der Waals surface area contributed by atoms with Gasteiger partial charge in [-0.05, 0) is 43.4 Å². The number of hydrogen-bond acceptors (Lipinski definition) is 5. The van der Waals surface area contributed by atoms with Gasteiger partial charge in [0.15, 0.2) is 21.5 Å². The monoisotopic (exact) mass is 585 g/mol. The van der Waals surface area contributed by atoms with E-state index in [4.69, 9.17) is 0 Å². The second-order valence-electron chi connectivity index (χ2n) is 10.8. The summed E-state index contributed by atoms with van der Waals surface area (Å²) in [6, 6.07) is 10.7. The molecule has 0 bridgehead atoms. The summed E-state index contributed by atoms with van der Waals surface area (Å²) >= 11 is 0. The fraction of sp³-hybridized carbons (Fsp3) is 0.345. The van der Waals surface area contributed by atoms with Crippen LogP contribution in [0.5, 0.6) is 0 Å². The number of hydrogen-bond donors (Lipinski definition) is 0. The third kappa shape index (κ3) is 4.58. The zero-order valence-electron chi connectivity index (χ0n) is 22.6. The Balaban J connectivity index is 1.76. The van der Waals surface area contributed by atoms with E-state index in [-0.39, 0.29) is 48.0 Å². The SMILES string of the molecule is Cc1nnn(C)c1-c1cnc2c3c(S(C)(=O)=O)cc(F)c(F)c3n(C(c3ccccc3)C3CCC(F)(F)CC3)c2c1. The molecule has 0 radical (unpaired) electrons. The summed E-state index contributed by atoms with van der Waals surface area (Å²) in [5, 5.41) is 8.10. The van der Waals surface area contributed by atoms with Crippen molar-refractivity contribution in [1.82, 2.24) is 24.5 Å². The van der Waals surface area contributed by atoms with Crippen molar-refractivity contribution in [2.24, 2.45) is 13.0 Å². The molecule has 0 aliphatic heterocycles. The van der Waals surface area contributed by atoms with E-state index in [1.807, 2.05) is 12.1 Å². The molecule has 5 aromatic rings. The molecule has 12 heteroatoms. The molecule has 1 fully saturated rings. The van der Waals surface area contributed by atoms with Gasteiger partial charge in [0, 0.05) is 43.3 Å². The van der Waals surface area contributed by atoms with Gasteiger partial charge >= 0.3 is 0 Å². The molecule has 1 saturated carbocycles. The van der Waals surface area contributed by atoms with Crippen LogP contribution in [0.25, 0.3) is 33.2 Å². The van der Waals surface area contributed by atoms with Gasteiger partial charge in [-0.1, -0.05) is 35.5 Å². The summed E-state index contributed by atoms with van der Waals surface area (Å²) in [6.45, 7) is 1.77. The lowest BCUT2D eigenvalue weighted by Gasteiger charge is -2.35. The molecule has 0 amide bonds. The highest BCUT2D eigenvalue weighted by Gasteiger charge is 2.40. The molecule has 0 N–H and O–H groups in total. The number of fused-ring (bicyclic) bond motifs is 3. The van der Waals surface area contributed by atoms with Crippen molar-refractivity contribution in [3.05, 3.63) is 71.6 Å². The summed E-state index contributed by atoms with van der Waals surface area (Å²) in [5.41, 5.74) is 2.78. The molecule has 1 aliphatic rings. The molecule has 1 aliphatic carbocycles. The van der Waals surface area contributed by atoms with Gasteiger partial charge in [-0.2, -0.15) is 0 Å². The first-order chi connectivity index (χ1) is 19.4. The molecule has 1 atom stereocenters. The number of rotatable bonds is 5. The van der Waals surface area contributed by atoms with Gasteiger partial charge < -0.3 is 4.57 Å². The number of pyridine rings is 1. The lowest BCUT2D eigenvalue weighted by molar-refractivity contribution is -0.0493. The summed E-state index contributed by atoms with van der Waals surface area (Å²) in [5.74, 6) is -5.73. The van der Waals surface area contributed by atoms with E-state index in [1.54, 1.807) is 47.5 Å². The Labute approximate surface area is 233 Å².